The lowest BCUT2D eigenvalue weighted by atomic mass is 9.99. The molecule has 1 aromatic heterocycles. The number of para-hydroxylation sites is 1. The lowest BCUT2D eigenvalue weighted by Gasteiger charge is -2.23. The first-order valence-electron chi connectivity index (χ1n) is 7.88. The van der Waals surface area contributed by atoms with E-state index in [0.717, 1.165) is 35.2 Å². The highest BCUT2D eigenvalue weighted by Gasteiger charge is 2.24. The molecular formula is C18H24N2O2S. The average molecular weight is 332 g/mol. The summed E-state index contributed by atoms with van der Waals surface area (Å²) in [5.41, 5.74) is 2.85. The second kappa shape index (κ2) is 7.62. The summed E-state index contributed by atoms with van der Waals surface area (Å²) in [6.45, 7) is 6.00. The minimum atomic E-state index is -1.07. The number of aryl methyl sites for hydroxylation is 2. The molecule has 1 atom stereocenters. The summed E-state index contributed by atoms with van der Waals surface area (Å²) < 4.78 is 0. The molecule has 124 valence electrons. The van der Waals surface area contributed by atoms with Crippen LogP contribution < -0.4 is 10.6 Å². The Balaban J connectivity index is 2.03. The van der Waals surface area contributed by atoms with Gasteiger partial charge in [0.2, 0.25) is 0 Å². The molecule has 23 heavy (non-hydrogen) atoms. The maximum absolute atomic E-state index is 12.2. The number of hydrogen-bond donors (Lipinski definition) is 3. The van der Waals surface area contributed by atoms with Gasteiger partial charge in [-0.25, -0.2) is 4.79 Å². The van der Waals surface area contributed by atoms with Gasteiger partial charge in [-0.05, 0) is 53.3 Å². The van der Waals surface area contributed by atoms with Crippen molar-refractivity contribution in [1.82, 2.24) is 5.32 Å². The lowest BCUT2D eigenvalue weighted by Crippen LogP contribution is -2.40. The van der Waals surface area contributed by atoms with Crippen LogP contribution in [0.25, 0.3) is 0 Å². The molecule has 2 rings (SSSR count). The molecule has 0 aliphatic carbocycles. The van der Waals surface area contributed by atoms with Crippen LogP contribution in [0.2, 0.25) is 0 Å². The van der Waals surface area contributed by atoms with Gasteiger partial charge in [0.15, 0.2) is 0 Å². The minimum Gasteiger partial charge on any atom is -0.384 e. The molecule has 0 spiro atoms. The smallest absolute Gasteiger partial charge is 0.319 e. The third-order valence-electron chi connectivity index (χ3n) is 3.97. The van der Waals surface area contributed by atoms with Crippen LogP contribution >= 0.6 is 11.3 Å². The number of anilines is 1. The lowest BCUT2D eigenvalue weighted by molar-refractivity contribution is 0.0604. The molecule has 0 saturated heterocycles. The van der Waals surface area contributed by atoms with Gasteiger partial charge in [0, 0.05) is 5.69 Å². The molecule has 3 N–H and O–H groups in total. The standard InChI is InChI=1S/C18H24N2O2S/c1-4-13-7-6-8-14(5-2)16(13)20-17(21)19-12-18(3,22)15-9-10-23-11-15/h6-11,22H,4-5,12H2,1-3H3,(H2,19,20,21). The molecule has 1 unspecified atom stereocenters. The van der Waals surface area contributed by atoms with Gasteiger partial charge in [-0.1, -0.05) is 32.0 Å². The molecule has 5 heteroatoms. The Morgan fingerprint density at radius 3 is 2.39 bits per heavy atom. The summed E-state index contributed by atoms with van der Waals surface area (Å²) in [5.74, 6) is 0. The van der Waals surface area contributed by atoms with Crippen molar-refractivity contribution in [3.05, 3.63) is 51.7 Å². The minimum absolute atomic E-state index is 0.158. The molecule has 1 aromatic carbocycles. The number of amides is 2. The van der Waals surface area contributed by atoms with Crippen LogP contribution in [0.4, 0.5) is 10.5 Å². The van der Waals surface area contributed by atoms with Crippen molar-refractivity contribution < 1.29 is 9.90 Å². The molecule has 0 saturated carbocycles. The number of thiophene rings is 1. The monoisotopic (exact) mass is 332 g/mol. The van der Waals surface area contributed by atoms with Crippen LogP contribution in [0.1, 0.15) is 37.5 Å². The van der Waals surface area contributed by atoms with E-state index in [1.165, 1.54) is 11.3 Å². The molecule has 0 radical (unpaired) electrons. The highest BCUT2D eigenvalue weighted by molar-refractivity contribution is 7.08. The van der Waals surface area contributed by atoms with Crippen molar-refractivity contribution in [3.63, 3.8) is 0 Å². The zero-order chi connectivity index (χ0) is 16.9. The number of nitrogens with one attached hydrogen (secondary N) is 2. The molecule has 0 bridgehead atoms. The summed E-state index contributed by atoms with van der Waals surface area (Å²) in [6.07, 6.45) is 1.71. The average Bonchev–Trinajstić information content (AvgIpc) is 3.08. The number of carbonyl (C=O) groups excluding carboxylic acids is 1. The quantitative estimate of drug-likeness (QED) is 0.751. The van der Waals surface area contributed by atoms with Crippen LogP contribution in [0.5, 0.6) is 0 Å². The van der Waals surface area contributed by atoms with Gasteiger partial charge in [0.05, 0.1) is 6.54 Å². The highest BCUT2D eigenvalue weighted by Crippen LogP contribution is 2.24. The summed E-state index contributed by atoms with van der Waals surface area (Å²) in [5, 5.41) is 20.0. The van der Waals surface area contributed by atoms with Gasteiger partial charge in [-0.3, -0.25) is 0 Å². The van der Waals surface area contributed by atoms with E-state index in [1.54, 1.807) is 6.92 Å². The van der Waals surface area contributed by atoms with Gasteiger partial charge < -0.3 is 15.7 Å². The SMILES string of the molecule is CCc1cccc(CC)c1NC(=O)NCC(C)(O)c1ccsc1. The fourth-order valence-electron chi connectivity index (χ4n) is 2.49. The Morgan fingerprint density at radius 2 is 1.87 bits per heavy atom. The zero-order valence-corrected chi connectivity index (χ0v) is 14.7. The van der Waals surface area contributed by atoms with E-state index in [9.17, 15) is 9.90 Å². The van der Waals surface area contributed by atoms with E-state index in [2.05, 4.69) is 24.5 Å². The predicted octanol–water partition coefficient (Wildman–Crippen LogP) is 3.90. The number of benzene rings is 1. The van der Waals surface area contributed by atoms with Gasteiger partial charge in [-0.2, -0.15) is 11.3 Å². The number of urea groups is 1. The summed E-state index contributed by atoms with van der Waals surface area (Å²) >= 11 is 1.52. The number of carbonyl (C=O) groups is 1. The third kappa shape index (κ3) is 4.33. The molecule has 2 aromatic rings. The normalized spacial score (nSPS) is 13.4. The van der Waals surface area contributed by atoms with E-state index in [4.69, 9.17) is 0 Å². The summed E-state index contributed by atoms with van der Waals surface area (Å²) in [4.78, 5) is 12.2. The summed E-state index contributed by atoms with van der Waals surface area (Å²) in [6, 6.07) is 7.64. The van der Waals surface area contributed by atoms with Crippen molar-refractivity contribution in [3.8, 4) is 0 Å². The maximum Gasteiger partial charge on any atom is 0.319 e. The van der Waals surface area contributed by atoms with Crippen LogP contribution in [-0.2, 0) is 18.4 Å². The van der Waals surface area contributed by atoms with Crippen molar-refractivity contribution in [1.29, 1.82) is 0 Å². The molecule has 4 nitrogen and oxygen atoms in total. The van der Waals surface area contributed by atoms with E-state index < -0.39 is 5.60 Å². The Kier molecular flexibility index (Phi) is 5.80. The van der Waals surface area contributed by atoms with Gasteiger partial charge >= 0.3 is 6.03 Å². The van der Waals surface area contributed by atoms with Crippen molar-refractivity contribution in [2.75, 3.05) is 11.9 Å². The predicted molar refractivity (Wildman–Crippen MR) is 96.1 cm³/mol. The Bertz CT molecular complexity index is 629. The summed E-state index contributed by atoms with van der Waals surface area (Å²) in [7, 11) is 0. The second-order valence-electron chi connectivity index (χ2n) is 5.75. The van der Waals surface area contributed by atoms with E-state index in [0.29, 0.717) is 0 Å². The van der Waals surface area contributed by atoms with E-state index in [-0.39, 0.29) is 12.6 Å². The van der Waals surface area contributed by atoms with Gasteiger partial charge in [0.1, 0.15) is 5.60 Å². The fourth-order valence-corrected chi connectivity index (χ4v) is 3.27. The molecular weight excluding hydrogens is 308 g/mol. The Morgan fingerprint density at radius 1 is 1.22 bits per heavy atom. The molecule has 1 heterocycles. The van der Waals surface area contributed by atoms with Crippen LogP contribution in [0, 0.1) is 0 Å². The van der Waals surface area contributed by atoms with Crippen molar-refractivity contribution in [2.45, 2.75) is 39.2 Å². The van der Waals surface area contributed by atoms with E-state index >= 15 is 0 Å². The zero-order valence-electron chi connectivity index (χ0n) is 13.8. The highest BCUT2D eigenvalue weighted by atomic mass is 32.1. The third-order valence-corrected chi connectivity index (χ3v) is 4.66. The van der Waals surface area contributed by atoms with Crippen molar-refractivity contribution in [2.24, 2.45) is 0 Å². The second-order valence-corrected chi connectivity index (χ2v) is 6.53. The van der Waals surface area contributed by atoms with Crippen LogP contribution in [0.3, 0.4) is 0 Å². The van der Waals surface area contributed by atoms with E-state index in [1.807, 2.05) is 35.0 Å². The van der Waals surface area contributed by atoms with Gasteiger partial charge in [-0.15, -0.1) is 0 Å². The molecule has 0 aliphatic heterocycles. The van der Waals surface area contributed by atoms with Gasteiger partial charge in [0.25, 0.3) is 0 Å². The Labute approximate surface area is 141 Å². The number of hydrogen-bond acceptors (Lipinski definition) is 3. The Hall–Kier alpha value is -1.85. The number of rotatable bonds is 6. The molecule has 0 aliphatic rings. The first-order valence-corrected chi connectivity index (χ1v) is 8.83. The topological polar surface area (TPSA) is 61.4 Å². The first kappa shape index (κ1) is 17.5. The largest absolute Gasteiger partial charge is 0.384 e. The first-order chi connectivity index (χ1) is 11.0. The molecule has 0 fully saturated rings. The number of aliphatic hydroxyl groups is 1. The molecule has 2 amide bonds. The maximum atomic E-state index is 12.2. The van der Waals surface area contributed by atoms with Crippen LogP contribution in [0.15, 0.2) is 35.0 Å². The fraction of sp³-hybridized carbons (Fsp3) is 0.389. The van der Waals surface area contributed by atoms with Crippen molar-refractivity contribution >= 4 is 23.1 Å². The van der Waals surface area contributed by atoms with Crippen LogP contribution in [-0.4, -0.2) is 17.7 Å².